The molecule has 0 spiro atoms. The fourth-order valence-electron chi connectivity index (χ4n) is 2.72. The van der Waals surface area contributed by atoms with Gasteiger partial charge in [-0.25, -0.2) is 0 Å². The van der Waals surface area contributed by atoms with Gasteiger partial charge in [0.2, 0.25) is 16.9 Å². The van der Waals surface area contributed by atoms with Crippen molar-refractivity contribution in [2.45, 2.75) is 12.8 Å². The molecular weight excluding hydrogens is 358 g/mol. The third-order valence-corrected chi connectivity index (χ3v) is 5.88. The van der Waals surface area contributed by atoms with Crippen LogP contribution in [0.3, 0.4) is 0 Å². The first-order chi connectivity index (χ1) is 12.0. The van der Waals surface area contributed by atoms with Gasteiger partial charge in [0.05, 0.1) is 10.8 Å². The predicted octanol–water partition coefficient (Wildman–Crippen LogP) is 2.01. The van der Waals surface area contributed by atoms with E-state index in [1.165, 1.54) is 11.3 Å². The highest BCUT2D eigenvalue weighted by molar-refractivity contribution is 7.23. The Bertz CT molecular complexity index is 729. The summed E-state index contributed by atoms with van der Waals surface area (Å²) >= 11 is 2.93. The topological polar surface area (TPSA) is 78.4 Å². The number of aromatic nitrogens is 2. The number of amides is 2. The Hall–Kier alpha value is -1.84. The van der Waals surface area contributed by atoms with Gasteiger partial charge in [-0.15, -0.1) is 21.5 Å². The largest absolute Gasteiger partial charge is 0.342 e. The minimum absolute atomic E-state index is 0.0513. The van der Waals surface area contributed by atoms with E-state index in [-0.39, 0.29) is 24.2 Å². The van der Waals surface area contributed by atoms with E-state index in [2.05, 4.69) is 20.4 Å². The highest BCUT2D eigenvalue weighted by Gasteiger charge is 2.34. The average Bonchev–Trinajstić information content (AvgIpc) is 3.28. The summed E-state index contributed by atoms with van der Waals surface area (Å²) in [5.74, 6) is -0.422. The predicted molar refractivity (Wildman–Crippen MR) is 99.7 cm³/mol. The van der Waals surface area contributed by atoms with E-state index in [9.17, 15) is 9.59 Å². The van der Waals surface area contributed by atoms with Gasteiger partial charge in [-0.3, -0.25) is 9.59 Å². The summed E-state index contributed by atoms with van der Waals surface area (Å²) in [6, 6.07) is 3.92. The number of carbonyl (C=O) groups is 2. The average molecular weight is 380 g/mol. The lowest BCUT2D eigenvalue weighted by molar-refractivity contribution is -0.128. The molecule has 1 fully saturated rings. The normalized spacial score (nSPS) is 17.5. The molecule has 2 aromatic rings. The molecule has 2 amide bonds. The molecule has 1 aliphatic rings. The molecule has 0 saturated carbocycles. The fraction of sp³-hybridized carbons (Fsp3) is 0.500. The maximum atomic E-state index is 12.4. The van der Waals surface area contributed by atoms with Crippen LogP contribution in [0.5, 0.6) is 0 Å². The minimum atomic E-state index is -0.319. The van der Waals surface area contributed by atoms with Crippen molar-refractivity contribution in [3.63, 3.8) is 0 Å². The number of nitrogens with one attached hydrogen (secondary N) is 1. The highest BCUT2D eigenvalue weighted by Crippen LogP contribution is 2.30. The van der Waals surface area contributed by atoms with Crippen LogP contribution in [0.4, 0.5) is 5.13 Å². The number of likely N-dealkylation sites (tertiary alicyclic amines) is 1. The molecule has 1 aliphatic heterocycles. The Morgan fingerprint density at radius 2 is 2.28 bits per heavy atom. The lowest BCUT2D eigenvalue weighted by Crippen LogP contribution is -2.30. The zero-order valence-electron chi connectivity index (χ0n) is 14.3. The Kier molecular flexibility index (Phi) is 5.77. The van der Waals surface area contributed by atoms with Crippen LogP contribution in [-0.4, -0.2) is 65.5 Å². The van der Waals surface area contributed by atoms with Crippen molar-refractivity contribution in [1.82, 2.24) is 20.0 Å². The second kappa shape index (κ2) is 8.03. The quantitative estimate of drug-likeness (QED) is 0.796. The molecular formula is C16H21N5O2S2. The third-order valence-electron chi connectivity index (χ3n) is 4.01. The molecule has 2 aromatic heterocycles. The number of anilines is 1. The molecule has 1 unspecified atom stereocenters. The first-order valence-electron chi connectivity index (χ1n) is 8.13. The van der Waals surface area contributed by atoms with Crippen molar-refractivity contribution < 1.29 is 9.59 Å². The van der Waals surface area contributed by atoms with Gasteiger partial charge in [0.15, 0.2) is 5.01 Å². The van der Waals surface area contributed by atoms with Gasteiger partial charge in [0.1, 0.15) is 0 Å². The van der Waals surface area contributed by atoms with Crippen molar-refractivity contribution >= 4 is 39.6 Å². The molecule has 3 rings (SSSR count). The molecule has 0 radical (unpaired) electrons. The van der Waals surface area contributed by atoms with Crippen LogP contribution in [0.1, 0.15) is 12.8 Å². The van der Waals surface area contributed by atoms with Crippen molar-refractivity contribution in [2.24, 2.45) is 5.92 Å². The molecule has 134 valence electrons. The van der Waals surface area contributed by atoms with E-state index >= 15 is 0 Å². The first-order valence-corrected chi connectivity index (χ1v) is 9.83. The van der Waals surface area contributed by atoms with Gasteiger partial charge in [-0.2, -0.15) is 0 Å². The first kappa shape index (κ1) is 18.0. The molecule has 25 heavy (non-hydrogen) atoms. The van der Waals surface area contributed by atoms with Crippen LogP contribution in [0.25, 0.3) is 9.88 Å². The van der Waals surface area contributed by atoms with Gasteiger partial charge >= 0.3 is 0 Å². The van der Waals surface area contributed by atoms with Gasteiger partial charge in [-0.05, 0) is 38.5 Å². The standard InChI is InChI=1S/C16H21N5O2S2/c1-20(2)6-4-7-21-10-11(9-13(21)22)14(23)17-16-19-18-15(25-16)12-5-3-8-24-12/h3,5,8,11H,4,6-7,9-10H2,1-2H3,(H,17,19,23). The molecule has 7 nitrogen and oxygen atoms in total. The second-order valence-corrected chi connectivity index (χ2v) is 8.20. The maximum absolute atomic E-state index is 12.4. The number of carbonyl (C=O) groups excluding carboxylic acids is 2. The molecule has 1 N–H and O–H groups in total. The second-order valence-electron chi connectivity index (χ2n) is 6.28. The van der Waals surface area contributed by atoms with E-state index < -0.39 is 0 Å². The lowest BCUT2D eigenvalue weighted by atomic mass is 10.1. The highest BCUT2D eigenvalue weighted by atomic mass is 32.1. The Labute approximate surface area is 154 Å². The lowest BCUT2D eigenvalue weighted by Gasteiger charge is -2.17. The Morgan fingerprint density at radius 1 is 1.44 bits per heavy atom. The zero-order valence-corrected chi connectivity index (χ0v) is 15.9. The zero-order chi connectivity index (χ0) is 17.8. The summed E-state index contributed by atoms with van der Waals surface area (Å²) in [5, 5.41) is 14.2. The molecule has 1 atom stereocenters. The smallest absolute Gasteiger partial charge is 0.231 e. The summed E-state index contributed by atoms with van der Waals surface area (Å²) in [7, 11) is 4.02. The SMILES string of the molecule is CN(C)CCCN1CC(C(=O)Nc2nnc(-c3cccs3)s2)CC1=O. The molecule has 9 heteroatoms. The molecule has 3 heterocycles. The van der Waals surface area contributed by atoms with Gasteiger partial charge in [0, 0.05) is 19.5 Å². The van der Waals surface area contributed by atoms with E-state index in [0.717, 1.165) is 22.9 Å². The van der Waals surface area contributed by atoms with Crippen molar-refractivity contribution in [1.29, 1.82) is 0 Å². The molecule has 1 saturated heterocycles. The van der Waals surface area contributed by atoms with E-state index in [1.54, 1.807) is 16.2 Å². The van der Waals surface area contributed by atoms with E-state index in [0.29, 0.717) is 18.2 Å². The summed E-state index contributed by atoms with van der Waals surface area (Å²) in [4.78, 5) is 29.4. The maximum Gasteiger partial charge on any atom is 0.231 e. The monoisotopic (exact) mass is 379 g/mol. The van der Waals surface area contributed by atoms with E-state index in [1.807, 2.05) is 31.6 Å². The minimum Gasteiger partial charge on any atom is -0.342 e. The number of hydrogen-bond donors (Lipinski definition) is 1. The fourth-order valence-corrected chi connectivity index (χ4v) is 4.26. The van der Waals surface area contributed by atoms with Crippen LogP contribution in [0.2, 0.25) is 0 Å². The third kappa shape index (κ3) is 4.62. The van der Waals surface area contributed by atoms with Crippen molar-refractivity contribution in [3.8, 4) is 9.88 Å². The van der Waals surface area contributed by atoms with Crippen molar-refractivity contribution in [3.05, 3.63) is 17.5 Å². The summed E-state index contributed by atoms with van der Waals surface area (Å²) in [6.45, 7) is 2.10. The van der Waals surface area contributed by atoms with Gasteiger partial charge < -0.3 is 15.1 Å². The number of nitrogens with zero attached hydrogens (tertiary/aromatic N) is 4. The molecule has 0 aromatic carbocycles. The van der Waals surface area contributed by atoms with Crippen LogP contribution >= 0.6 is 22.7 Å². The van der Waals surface area contributed by atoms with Crippen LogP contribution in [0.15, 0.2) is 17.5 Å². The van der Waals surface area contributed by atoms with Gasteiger partial charge in [0.25, 0.3) is 0 Å². The number of hydrogen-bond acceptors (Lipinski definition) is 7. The molecule has 0 aliphatic carbocycles. The molecule has 0 bridgehead atoms. The van der Waals surface area contributed by atoms with Crippen LogP contribution in [-0.2, 0) is 9.59 Å². The summed E-state index contributed by atoms with van der Waals surface area (Å²) in [6.07, 6.45) is 1.18. The summed E-state index contributed by atoms with van der Waals surface area (Å²) < 4.78 is 0. The Morgan fingerprint density at radius 3 is 3.00 bits per heavy atom. The van der Waals surface area contributed by atoms with E-state index in [4.69, 9.17) is 0 Å². The van der Waals surface area contributed by atoms with Crippen LogP contribution < -0.4 is 5.32 Å². The summed E-state index contributed by atoms with van der Waals surface area (Å²) in [5.41, 5.74) is 0. The van der Waals surface area contributed by atoms with Crippen LogP contribution in [0, 0.1) is 5.92 Å². The Balaban J connectivity index is 1.53. The number of thiophene rings is 1. The van der Waals surface area contributed by atoms with Crippen molar-refractivity contribution in [2.75, 3.05) is 39.0 Å². The number of rotatable bonds is 7. The van der Waals surface area contributed by atoms with Gasteiger partial charge in [-0.1, -0.05) is 17.4 Å².